The minimum Gasteiger partial charge on any atom is -0.466 e. The summed E-state index contributed by atoms with van der Waals surface area (Å²) in [5.41, 5.74) is 0.651. The van der Waals surface area contributed by atoms with Crippen LogP contribution >= 0.6 is 0 Å². The maximum Gasteiger partial charge on any atom is 0.333 e. The van der Waals surface area contributed by atoms with Gasteiger partial charge in [-0.25, -0.2) is 4.79 Å². The minimum atomic E-state index is -0.534. The second-order valence-electron chi connectivity index (χ2n) is 4.03. The number of fused-ring (bicyclic) bond motifs is 1. The van der Waals surface area contributed by atoms with E-state index in [1.807, 2.05) is 13.8 Å². The van der Waals surface area contributed by atoms with Crippen LogP contribution in [0.5, 0.6) is 0 Å². The molecule has 0 aromatic heterocycles. The summed E-state index contributed by atoms with van der Waals surface area (Å²) >= 11 is 0. The Morgan fingerprint density at radius 3 is 2.86 bits per heavy atom. The molecule has 0 spiro atoms. The Morgan fingerprint density at radius 1 is 1.57 bits per heavy atom. The van der Waals surface area contributed by atoms with Gasteiger partial charge in [-0.2, -0.15) is 0 Å². The molecule has 0 bridgehead atoms. The smallest absolute Gasteiger partial charge is 0.333 e. The van der Waals surface area contributed by atoms with Gasteiger partial charge in [-0.15, -0.1) is 0 Å². The van der Waals surface area contributed by atoms with E-state index in [-0.39, 0.29) is 18.2 Å². The molecule has 0 radical (unpaired) electrons. The first-order valence-electron chi connectivity index (χ1n) is 4.66. The van der Waals surface area contributed by atoms with Crippen molar-refractivity contribution in [2.24, 2.45) is 0 Å². The fourth-order valence-corrected chi connectivity index (χ4v) is 1.93. The third kappa shape index (κ3) is 1.55. The Balaban J connectivity index is 2.08. The first-order valence-corrected chi connectivity index (χ1v) is 4.66. The molecule has 1 saturated heterocycles. The van der Waals surface area contributed by atoms with E-state index in [4.69, 9.17) is 9.47 Å². The minimum absolute atomic E-state index is 0.0286. The number of hydrogen-bond donors (Lipinski definition) is 0. The zero-order valence-corrected chi connectivity index (χ0v) is 8.57. The molecule has 2 rings (SSSR count). The highest BCUT2D eigenvalue weighted by Gasteiger charge is 2.44. The van der Waals surface area contributed by atoms with Gasteiger partial charge in [0, 0.05) is 12.0 Å². The SMILES string of the molecule is COC(=O)C1=C[C@H]2OC(C)(C)O[C@H]2C1. The predicted molar refractivity (Wildman–Crippen MR) is 48.5 cm³/mol. The fraction of sp³-hybridized carbons (Fsp3) is 0.700. The largest absolute Gasteiger partial charge is 0.466 e. The fourth-order valence-electron chi connectivity index (χ4n) is 1.93. The summed E-state index contributed by atoms with van der Waals surface area (Å²) in [4.78, 5) is 11.2. The van der Waals surface area contributed by atoms with Gasteiger partial charge < -0.3 is 14.2 Å². The third-order valence-electron chi connectivity index (χ3n) is 2.46. The Morgan fingerprint density at radius 2 is 2.29 bits per heavy atom. The Hall–Kier alpha value is -0.870. The molecule has 4 nitrogen and oxygen atoms in total. The van der Waals surface area contributed by atoms with Gasteiger partial charge in [0.25, 0.3) is 0 Å². The zero-order chi connectivity index (χ0) is 10.3. The highest BCUT2D eigenvalue weighted by molar-refractivity contribution is 5.89. The van der Waals surface area contributed by atoms with Crippen LogP contribution in [0.1, 0.15) is 20.3 Å². The molecule has 0 aromatic rings. The number of carbonyl (C=O) groups excluding carboxylic acids is 1. The standard InChI is InChI=1S/C10H14O4/c1-10(2)13-7-4-6(9(11)12-3)5-8(7)14-10/h4,7-8H,5H2,1-3H3/t7-,8+/m1/s1. The molecular formula is C10H14O4. The molecule has 0 unspecified atom stereocenters. The molecule has 2 atom stereocenters. The predicted octanol–water partition coefficient (Wildman–Crippen LogP) is 1.01. The first kappa shape index (κ1) is 9.68. The average Bonchev–Trinajstić information content (AvgIpc) is 2.56. The number of hydrogen-bond acceptors (Lipinski definition) is 4. The van der Waals surface area contributed by atoms with Crippen molar-refractivity contribution in [2.45, 2.75) is 38.3 Å². The van der Waals surface area contributed by atoms with Crippen molar-refractivity contribution >= 4 is 5.97 Å². The van der Waals surface area contributed by atoms with Gasteiger partial charge in [-0.05, 0) is 19.9 Å². The molecule has 0 aromatic carbocycles. The van der Waals surface area contributed by atoms with Crippen molar-refractivity contribution in [1.82, 2.24) is 0 Å². The number of carbonyl (C=O) groups is 1. The van der Waals surface area contributed by atoms with Crippen molar-refractivity contribution < 1.29 is 19.0 Å². The van der Waals surface area contributed by atoms with Crippen molar-refractivity contribution in [3.05, 3.63) is 11.6 Å². The van der Waals surface area contributed by atoms with Gasteiger partial charge in [0.2, 0.25) is 0 Å². The van der Waals surface area contributed by atoms with Gasteiger partial charge in [0.1, 0.15) is 6.10 Å². The lowest BCUT2D eigenvalue weighted by molar-refractivity contribution is -0.147. The van der Waals surface area contributed by atoms with Crippen LogP contribution in [0.4, 0.5) is 0 Å². The lowest BCUT2D eigenvalue weighted by Gasteiger charge is -2.17. The highest BCUT2D eigenvalue weighted by Crippen LogP contribution is 2.37. The summed E-state index contributed by atoms with van der Waals surface area (Å²) in [5.74, 6) is -0.822. The van der Waals surface area contributed by atoms with E-state index in [1.54, 1.807) is 6.08 Å². The maximum absolute atomic E-state index is 11.2. The molecule has 1 heterocycles. The molecule has 4 heteroatoms. The van der Waals surface area contributed by atoms with Crippen molar-refractivity contribution in [1.29, 1.82) is 0 Å². The monoisotopic (exact) mass is 198 g/mol. The van der Waals surface area contributed by atoms with Crippen LogP contribution in [-0.2, 0) is 19.0 Å². The number of methoxy groups -OCH3 is 1. The molecule has 0 amide bonds. The van der Waals surface area contributed by atoms with Crippen LogP contribution in [-0.4, -0.2) is 31.1 Å². The van der Waals surface area contributed by atoms with E-state index in [0.717, 1.165) is 0 Å². The number of ether oxygens (including phenoxy) is 3. The summed E-state index contributed by atoms with van der Waals surface area (Å²) in [6.07, 6.45) is 2.25. The van der Waals surface area contributed by atoms with E-state index in [1.165, 1.54) is 7.11 Å². The molecule has 2 aliphatic rings. The lowest BCUT2D eigenvalue weighted by atomic mass is 10.2. The van der Waals surface area contributed by atoms with Gasteiger partial charge in [0.05, 0.1) is 13.2 Å². The molecule has 1 aliphatic heterocycles. The highest BCUT2D eigenvalue weighted by atomic mass is 16.8. The average molecular weight is 198 g/mol. The normalized spacial score (nSPS) is 33.8. The van der Waals surface area contributed by atoms with E-state index in [9.17, 15) is 4.79 Å². The quantitative estimate of drug-likeness (QED) is 0.590. The van der Waals surface area contributed by atoms with Crippen molar-refractivity contribution in [2.75, 3.05) is 7.11 Å². The summed E-state index contributed by atoms with van der Waals surface area (Å²) in [5, 5.41) is 0. The summed E-state index contributed by atoms with van der Waals surface area (Å²) in [6, 6.07) is 0. The Labute approximate surface area is 82.8 Å². The Kier molecular flexibility index (Phi) is 2.12. The topological polar surface area (TPSA) is 44.8 Å². The van der Waals surface area contributed by atoms with E-state index in [2.05, 4.69) is 4.74 Å². The molecule has 1 aliphatic carbocycles. The second-order valence-corrected chi connectivity index (χ2v) is 4.03. The van der Waals surface area contributed by atoms with Crippen molar-refractivity contribution in [3.63, 3.8) is 0 Å². The van der Waals surface area contributed by atoms with E-state index in [0.29, 0.717) is 12.0 Å². The van der Waals surface area contributed by atoms with Crippen LogP contribution in [0.15, 0.2) is 11.6 Å². The first-order chi connectivity index (χ1) is 6.52. The second kappa shape index (κ2) is 3.07. The van der Waals surface area contributed by atoms with Crippen LogP contribution in [0.2, 0.25) is 0 Å². The number of esters is 1. The van der Waals surface area contributed by atoms with Gasteiger partial charge in [-0.3, -0.25) is 0 Å². The molecular weight excluding hydrogens is 184 g/mol. The third-order valence-corrected chi connectivity index (χ3v) is 2.46. The molecule has 78 valence electrons. The van der Waals surface area contributed by atoms with E-state index >= 15 is 0 Å². The summed E-state index contributed by atoms with van der Waals surface area (Å²) < 4.78 is 15.8. The Bertz CT molecular complexity index is 292. The van der Waals surface area contributed by atoms with Gasteiger partial charge in [0.15, 0.2) is 5.79 Å². The van der Waals surface area contributed by atoms with Crippen LogP contribution in [0, 0.1) is 0 Å². The number of rotatable bonds is 1. The molecule has 0 N–H and O–H groups in total. The van der Waals surface area contributed by atoms with Crippen LogP contribution < -0.4 is 0 Å². The van der Waals surface area contributed by atoms with Crippen LogP contribution in [0.3, 0.4) is 0 Å². The maximum atomic E-state index is 11.2. The lowest BCUT2D eigenvalue weighted by Crippen LogP contribution is -2.22. The molecule has 14 heavy (non-hydrogen) atoms. The zero-order valence-electron chi connectivity index (χ0n) is 8.57. The van der Waals surface area contributed by atoms with Crippen LogP contribution in [0.25, 0.3) is 0 Å². The molecule has 0 saturated carbocycles. The van der Waals surface area contributed by atoms with E-state index < -0.39 is 5.79 Å². The summed E-state index contributed by atoms with van der Waals surface area (Å²) in [6.45, 7) is 3.74. The molecule has 1 fully saturated rings. The van der Waals surface area contributed by atoms with Gasteiger partial charge >= 0.3 is 5.97 Å². The van der Waals surface area contributed by atoms with Crippen molar-refractivity contribution in [3.8, 4) is 0 Å². The summed E-state index contributed by atoms with van der Waals surface area (Å²) in [7, 11) is 1.38. The van der Waals surface area contributed by atoms with Gasteiger partial charge in [-0.1, -0.05) is 0 Å².